The molecule has 0 aliphatic rings. The predicted octanol–water partition coefficient (Wildman–Crippen LogP) is 1.98. The van der Waals surface area contributed by atoms with E-state index in [1.807, 2.05) is 13.8 Å². The van der Waals surface area contributed by atoms with Crippen molar-refractivity contribution in [1.29, 1.82) is 5.26 Å². The number of nitrogens with zero attached hydrogens (tertiary/aromatic N) is 1. The van der Waals surface area contributed by atoms with Crippen molar-refractivity contribution in [2.45, 2.75) is 39.4 Å². The monoisotopic (exact) mass is 276 g/mol. The van der Waals surface area contributed by atoms with Crippen LogP contribution in [0.4, 0.5) is 5.69 Å². The van der Waals surface area contributed by atoms with Gasteiger partial charge in [-0.3, -0.25) is 4.79 Å². The molecule has 0 saturated heterocycles. The molecule has 1 aromatic carbocycles. The fraction of sp³-hybridized carbons (Fsp3) is 0.467. The van der Waals surface area contributed by atoms with E-state index >= 15 is 0 Å². The van der Waals surface area contributed by atoms with Crippen LogP contribution in [-0.2, 0) is 9.53 Å². The molecule has 0 radical (unpaired) electrons. The number of rotatable bonds is 5. The predicted molar refractivity (Wildman–Crippen MR) is 76.2 cm³/mol. The van der Waals surface area contributed by atoms with E-state index in [2.05, 4.69) is 11.4 Å². The minimum Gasteiger partial charge on any atom is -0.378 e. The number of anilines is 1. The SMILES string of the molecule is Cc1cc(NC(=O)[C@@](C)(O)COC(C)C)ccc1C#N. The average Bonchev–Trinajstić information content (AvgIpc) is 2.36. The van der Waals surface area contributed by atoms with E-state index < -0.39 is 11.5 Å². The Hall–Kier alpha value is -1.90. The van der Waals surface area contributed by atoms with E-state index in [0.29, 0.717) is 11.3 Å². The molecular weight excluding hydrogens is 256 g/mol. The first-order valence-corrected chi connectivity index (χ1v) is 6.42. The van der Waals surface area contributed by atoms with Crippen molar-refractivity contribution in [2.24, 2.45) is 0 Å². The topological polar surface area (TPSA) is 82.3 Å². The van der Waals surface area contributed by atoms with Gasteiger partial charge < -0.3 is 15.2 Å². The Kier molecular flexibility index (Phi) is 5.26. The van der Waals surface area contributed by atoms with Gasteiger partial charge in [0.05, 0.1) is 24.3 Å². The van der Waals surface area contributed by atoms with Crippen LogP contribution in [0.3, 0.4) is 0 Å². The highest BCUT2D eigenvalue weighted by Gasteiger charge is 2.31. The lowest BCUT2D eigenvalue weighted by Gasteiger charge is -2.23. The highest BCUT2D eigenvalue weighted by atomic mass is 16.5. The Balaban J connectivity index is 2.75. The lowest BCUT2D eigenvalue weighted by Crippen LogP contribution is -2.44. The summed E-state index contributed by atoms with van der Waals surface area (Å²) >= 11 is 0. The van der Waals surface area contributed by atoms with Gasteiger partial charge in [-0.25, -0.2) is 0 Å². The van der Waals surface area contributed by atoms with E-state index in [4.69, 9.17) is 10.00 Å². The average molecular weight is 276 g/mol. The molecule has 1 aromatic rings. The lowest BCUT2D eigenvalue weighted by molar-refractivity contribution is -0.140. The molecule has 5 nitrogen and oxygen atoms in total. The van der Waals surface area contributed by atoms with Crippen molar-refractivity contribution in [3.05, 3.63) is 29.3 Å². The maximum Gasteiger partial charge on any atom is 0.258 e. The normalized spacial score (nSPS) is 13.7. The molecule has 0 fully saturated rings. The summed E-state index contributed by atoms with van der Waals surface area (Å²) in [7, 11) is 0. The zero-order valence-electron chi connectivity index (χ0n) is 12.2. The van der Waals surface area contributed by atoms with Gasteiger partial charge in [0.1, 0.15) is 0 Å². The van der Waals surface area contributed by atoms with Crippen LogP contribution < -0.4 is 5.32 Å². The molecule has 0 spiro atoms. The molecule has 1 atom stereocenters. The van der Waals surface area contributed by atoms with Crippen LogP contribution in [0.1, 0.15) is 31.9 Å². The Bertz CT molecular complexity index is 530. The number of aryl methyl sites for hydroxylation is 1. The molecule has 0 saturated carbocycles. The second-order valence-electron chi connectivity index (χ2n) is 5.23. The first-order valence-electron chi connectivity index (χ1n) is 6.42. The third-order valence-electron chi connectivity index (χ3n) is 2.79. The van der Waals surface area contributed by atoms with Crippen LogP contribution in [-0.4, -0.2) is 29.3 Å². The standard InChI is InChI=1S/C15H20N2O3/c1-10(2)20-9-15(4,19)14(18)17-13-6-5-12(8-16)11(3)7-13/h5-7,10,19H,9H2,1-4H3,(H,17,18)/t15-/m0/s1. The summed E-state index contributed by atoms with van der Waals surface area (Å²) in [6.07, 6.45) is -0.0635. The quantitative estimate of drug-likeness (QED) is 0.861. The van der Waals surface area contributed by atoms with Crippen molar-refractivity contribution in [1.82, 2.24) is 0 Å². The minimum atomic E-state index is -1.61. The Labute approximate surface area is 119 Å². The summed E-state index contributed by atoms with van der Waals surface area (Å²) in [5, 5.41) is 21.5. The molecule has 0 unspecified atom stereocenters. The molecule has 0 bridgehead atoms. The lowest BCUT2D eigenvalue weighted by atomic mass is 10.1. The third kappa shape index (κ3) is 4.34. The number of hydrogen-bond acceptors (Lipinski definition) is 4. The second-order valence-corrected chi connectivity index (χ2v) is 5.23. The Morgan fingerprint density at radius 3 is 2.70 bits per heavy atom. The first kappa shape index (κ1) is 16.2. The fourth-order valence-electron chi connectivity index (χ4n) is 1.53. The first-order chi connectivity index (χ1) is 9.26. The number of nitriles is 1. The van der Waals surface area contributed by atoms with Crippen LogP contribution in [0, 0.1) is 18.3 Å². The van der Waals surface area contributed by atoms with Gasteiger partial charge in [-0.1, -0.05) is 0 Å². The smallest absolute Gasteiger partial charge is 0.258 e. The van der Waals surface area contributed by atoms with E-state index in [1.165, 1.54) is 6.92 Å². The van der Waals surface area contributed by atoms with Gasteiger partial charge >= 0.3 is 0 Å². The summed E-state index contributed by atoms with van der Waals surface area (Å²) in [5.41, 5.74) is 0.254. The van der Waals surface area contributed by atoms with Crippen LogP contribution >= 0.6 is 0 Å². The molecule has 2 N–H and O–H groups in total. The zero-order valence-corrected chi connectivity index (χ0v) is 12.2. The van der Waals surface area contributed by atoms with Crippen molar-refractivity contribution in [2.75, 3.05) is 11.9 Å². The van der Waals surface area contributed by atoms with Gasteiger partial charge in [0.2, 0.25) is 0 Å². The van der Waals surface area contributed by atoms with Gasteiger partial charge in [0.25, 0.3) is 5.91 Å². The van der Waals surface area contributed by atoms with Crippen LogP contribution in [0.25, 0.3) is 0 Å². The van der Waals surface area contributed by atoms with E-state index in [0.717, 1.165) is 5.56 Å². The van der Waals surface area contributed by atoms with E-state index in [-0.39, 0.29) is 12.7 Å². The fourth-order valence-corrected chi connectivity index (χ4v) is 1.53. The van der Waals surface area contributed by atoms with Crippen molar-refractivity contribution < 1.29 is 14.6 Å². The largest absolute Gasteiger partial charge is 0.378 e. The molecule has 5 heteroatoms. The molecule has 1 rings (SSSR count). The third-order valence-corrected chi connectivity index (χ3v) is 2.79. The number of carbonyl (C=O) groups excluding carboxylic acids is 1. The number of aliphatic hydroxyl groups is 1. The van der Waals surface area contributed by atoms with Crippen LogP contribution in [0.15, 0.2) is 18.2 Å². The maximum absolute atomic E-state index is 12.0. The van der Waals surface area contributed by atoms with E-state index in [1.54, 1.807) is 25.1 Å². The molecule has 0 aliphatic heterocycles. The number of hydrogen-bond donors (Lipinski definition) is 2. The minimum absolute atomic E-state index is 0.0635. The van der Waals surface area contributed by atoms with Crippen LogP contribution in [0.5, 0.6) is 0 Å². The molecule has 20 heavy (non-hydrogen) atoms. The molecule has 1 amide bonds. The summed E-state index contributed by atoms with van der Waals surface area (Å²) in [4.78, 5) is 12.0. The summed E-state index contributed by atoms with van der Waals surface area (Å²) in [6, 6.07) is 7.00. The molecule has 108 valence electrons. The van der Waals surface area contributed by atoms with Crippen LogP contribution in [0.2, 0.25) is 0 Å². The van der Waals surface area contributed by atoms with Gasteiger partial charge in [-0.05, 0) is 51.5 Å². The van der Waals surface area contributed by atoms with E-state index in [9.17, 15) is 9.90 Å². The maximum atomic E-state index is 12.0. The highest BCUT2D eigenvalue weighted by Crippen LogP contribution is 2.16. The Morgan fingerprint density at radius 2 is 2.20 bits per heavy atom. The number of benzene rings is 1. The molecule has 0 aliphatic carbocycles. The zero-order chi connectivity index (χ0) is 15.3. The summed E-state index contributed by atoms with van der Waals surface area (Å²) in [6.45, 7) is 6.77. The van der Waals surface area contributed by atoms with Gasteiger partial charge in [-0.15, -0.1) is 0 Å². The number of carbonyl (C=O) groups is 1. The molecular formula is C15H20N2O3. The van der Waals surface area contributed by atoms with Crippen molar-refractivity contribution in [3.63, 3.8) is 0 Å². The van der Waals surface area contributed by atoms with Gasteiger partial charge in [0, 0.05) is 5.69 Å². The molecule has 0 aromatic heterocycles. The number of ether oxygens (including phenoxy) is 1. The molecule has 0 heterocycles. The van der Waals surface area contributed by atoms with Gasteiger partial charge in [-0.2, -0.15) is 5.26 Å². The van der Waals surface area contributed by atoms with Crippen molar-refractivity contribution >= 4 is 11.6 Å². The summed E-state index contributed by atoms with van der Waals surface area (Å²) < 4.78 is 5.27. The second kappa shape index (κ2) is 6.51. The number of nitrogens with one attached hydrogen (secondary N) is 1. The Morgan fingerprint density at radius 1 is 1.55 bits per heavy atom. The summed E-state index contributed by atoms with van der Waals surface area (Å²) in [5.74, 6) is -0.540. The van der Waals surface area contributed by atoms with Gasteiger partial charge in [0.15, 0.2) is 5.60 Å². The highest BCUT2D eigenvalue weighted by molar-refractivity contribution is 5.97. The van der Waals surface area contributed by atoms with Crippen molar-refractivity contribution in [3.8, 4) is 6.07 Å². The number of amides is 1.